The quantitative estimate of drug-likeness (QED) is 0.787. The molecule has 160 valence electrons. The Morgan fingerprint density at radius 2 is 2.03 bits per heavy atom. The number of amides is 2. The minimum Gasteiger partial charge on any atom is -0.406 e. The molecular formula is C19H18F3N3O4S. The number of nitrogens with zero attached hydrogens (tertiary/aromatic N) is 2. The molecule has 2 aromatic rings. The van der Waals surface area contributed by atoms with Gasteiger partial charge in [-0.15, -0.1) is 13.2 Å². The van der Waals surface area contributed by atoms with E-state index in [1.165, 1.54) is 23.5 Å². The molecule has 4 rings (SSSR count). The lowest BCUT2D eigenvalue weighted by atomic mass is 10.1. The Kier molecular flexibility index (Phi) is 5.65. The molecule has 7 nitrogen and oxygen atoms in total. The predicted molar refractivity (Wildman–Crippen MR) is 101 cm³/mol. The summed E-state index contributed by atoms with van der Waals surface area (Å²) < 4.78 is 46.0. The molecule has 2 aliphatic rings. The number of alkyl halides is 3. The summed E-state index contributed by atoms with van der Waals surface area (Å²) in [5.41, 5.74) is 1.10. The molecule has 2 aliphatic heterocycles. The van der Waals surface area contributed by atoms with Crippen LogP contribution < -0.4 is 10.1 Å². The van der Waals surface area contributed by atoms with Crippen LogP contribution in [0.25, 0.3) is 0 Å². The Hall–Kier alpha value is -2.66. The van der Waals surface area contributed by atoms with Crippen LogP contribution in [0, 0.1) is 0 Å². The summed E-state index contributed by atoms with van der Waals surface area (Å²) in [6.45, 7) is 1.32. The second-order valence-corrected chi connectivity index (χ2v) is 8.01. The van der Waals surface area contributed by atoms with E-state index in [1.807, 2.05) is 0 Å². The van der Waals surface area contributed by atoms with Crippen molar-refractivity contribution in [3.63, 3.8) is 0 Å². The van der Waals surface area contributed by atoms with Gasteiger partial charge in [-0.2, -0.15) is 0 Å². The Morgan fingerprint density at radius 3 is 2.70 bits per heavy atom. The molecule has 3 heterocycles. The summed E-state index contributed by atoms with van der Waals surface area (Å²) in [6, 6.07) is 4.83. The summed E-state index contributed by atoms with van der Waals surface area (Å²) in [5.74, 6) is -0.890. The highest BCUT2D eigenvalue weighted by atomic mass is 32.1. The van der Waals surface area contributed by atoms with Gasteiger partial charge in [0.1, 0.15) is 11.9 Å². The highest BCUT2D eigenvalue weighted by Gasteiger charge is 2.31. The first-order chi connectivity index (χ1) is 14.3. The Labute approximate surface area is 173 Å². The lowest BCUT2D eigenvalue weighted by Gasteiger charge is -2.26. The molecule has 1 fully saturated rings. The number of thiazole rings is 1. The largest absolute Gasteiger partial charge is 0.573 e. The Balaban J connectivity index is 1.39. The van der Waals surface area contributed by atoms with E-state index in [9.17, 15) is 22.8 Å². The molecular weight excluding hydrogens is 423 g/mol. The molecule has 0 bridgehead atoms. The molecule has 0 unspecified atom stereocenters. The maximum atomic E-state index is 12.7. The van der Waals surface area contributed by atoms with Crippen molar-refractivity contribution >= 4 is 28.3 Å². The van der Waals surface area contributed by atoms with Crippen LogP contribution in [0.2, 0.25) is 0 Å². The molecule has 30 heavy (non-hydrogen) atoms. The number of anilines is 1. The predicted octanol–water partition coefficient (Wildman–Crippen LogP) is 3.36. The summed E-state index contributed by atoms with van der Waals surface area (Å²) in [6.07, 6.45) is -3.16. The number of ether oxygens (including phenoxy) is 2. The third kappa shape index (κ3) is 4.73. The van der Waals surface area contributed by atoms with Crippen LogP contribution in [0.3, 0.4) is 0 Å². The lowest BCUT2D eigenvalue weighted by Crippen LogP contribution is -2.35. The molecule has 11 heteroatoms. The topological polar surface area (TPSA) is 80.8 Å². The molecule has 1 saturated heterocycles. The van der Waals surface area contributed by atoms with Crippen LogP contribution in [0.1, 0.15) is 33.8 Å². The van der Waals surface area contributed by atoms with Gasteiger partial charge < -0.3 is 14.4 Å². The zero-order valence-corrected chi connectivity index (χ0v) is 16.5. The normalized spacial score (nSPS) is 18.8. The number of aromatic nitrogens is 1. The average Bonchev–Trinajstić information content (AvgIpc) is 3.35. The van der Waals surface area contributed by atoms with Crippen LogP contribution in [0.5, 0.6) is 5.75 Å². The maximum Gasteiger partial charge on any atom is 0.573 e. The molecule has 1 aromatic carbocycles. The number of halogens is 3. The number of rotatable bonds is 4. The van der Waals surface area contributed by atoms with E-state index in [1.54, 1.807) is 4.90 Å². The Bertz CT molecular complexity index is 939. The SMILES string of the molecule is O=C(Nc1nc2c(s1)CN(C(=O)c1ccc(OC(F)(F)F)cc1)CC2)[C@H]1CCCO1. The monoisotopic (exact) mass is 441 g/mol. The number of hydrogen-bond donors (Lipinski definition) is 1. The lowest BCUT2D eigenvalue weighted by molar-refractivity contribution is -0.274. The van der Waals surface area contributed by atoms with Gasteiger partial charge in [-0.25, -0.2) is 4.98 Å². The van der Waals surface area contributed by atoms with Crippen molar-refractivity contribution in [2.24, 2.45) is 0 Å². The van der Waals surface area contributed by atoms with E-state index in [0.29, 0.717) is 37.7 Å². The zero-order chi connectivity index (χ0) is 21.3. The van der Waals surface area contributed by atoms with E-state index >= 15 is 0 Å². The van der Waals surface area contributed by atoms with Crippen LogP contribution in [-0.4, -0.2) is 47.3 Å². The highest BCUT2D eigenvalue weighted by molar-refractivity contribution is 7.15. The first-order valence-corrected chi connectivity index (χ1v) is 10.2. The highest BCUT2D eigenvalue weighted by Crippen LogP contribution is 2.30. The zero-order valence-electron chi connectivity index (χ0n) is 15.7. The van der Waals surface area contributed by atoms with Crippen molar-refractivity contribution in [2.75, 3.05) is 18.5 Å². The van der Waals surface area contributed by atoms with Gasteiger partial charge in [-0.3, -0.25) is 14.9 Å². The summed E-state index contributed by atoms with van der Waals surface area (Å²) in [5, 5.41) is 3.25. The standard InChI is InChI=1S/C19H18F3N3O4S/c20-19(21,22)29-12-5-3-11(4-6-12)17(27)25-8-7-13-15(10-25)30-18(23-13)24-16(26)14-2-1-9-28-14/h3-6,14H,1-2,7-10H2,(H,23,24,26)/t14-/m1/s1. The van der Waals surface area contributed by atoms with Crippen molar-refractivity contribution < 1.29 is 32.2 Å². The van der Waals surface area contributed by atoms with Gasteiger partial charge in [-0.05, 0) is 37.1 Å². The molecule has 1 atom stereocenters. The van der Waals surface area contributed by atoms with Gasteiger partial charge in [0.25, 0.3) is 11.8 Å². The molecule has 0 spiro atoms. The van der Waals surface area contributed by atoms with Gasteiger partial charge in [0.2, 0.25) is 0 Å². The van der Waals surface area contributed by atoms with E-state index in [-0.39, 0.29) is 23.1 Å². The number of benzene rings is 1. The number of fused-ring (bicyclic) bond motifs is 1. The van der Waals surface area contributed by atoms with Crippen molar-refractivity contribution in [2.45, 2.75) is 38.3 Å². The van der Waals surface area contributed by atoms with Gasteiger partial charge in [-0.1, -0.05) is 11.3 Å². The molecule has 1 N–H and O–H groups in total. The Morgan fingerprint density at radius 1 is 1.27 bits per heavy atom. The molecule has 1 aromatic heterocycles. The number of nitrogens with one attached hydrogen (secondary N) is 1. The fraction of sp³-hybridized carbons (Fsp3) is 0.421. The fourth-order valence-corrected chi connectivity index (χ4v) is 4.40. The minimum atomic E-state index is -4.78. The van der Waals surface area contributed by atoms with Crippen molar-refractivity contribution in [1.82, 2.24) is 9.88 Å². The average molecular weight is 441 g/mol. The van der Waals surface area contributed by atoms with Crippen LogP contribution in [0.15, 0.2) is 24.3 Å². The third-order valence-electron chi connectivity index (χ3n) is 4.81. The number of carbonyl (C=O) groups excluding carboxylic acids is 2. The smallest absolute Gasteiger partial charge is 0.406 e. The number of hydrogen-bond acceptors (Lipinski definition) is 6. The second kappa shape index (κ2) is 8.23. The fourth-order valence-electron chi connectivity index (χ4n) is 3.37. The first kappa shape index (κ1) is 20.6. The van der Waals surface area contributed by atoms with Gasteiger partial charge in [0.05, 0.1) is 12.2 Å². The number of carbonyl (C=O) groups is 2. The molecule has 0 radical (unpaired) electrons. The van der Waals surface area contributed by atoms with E-state index in [4.69, 9.17) is 4.74 Å². The maximum absolute atomic E-state index is 12.7. The van der Waals surface area contributed by atoms with Crippen molar-refractivity contribution in [1.29, 1.82) is 0 Å². The van der Waals surface area contributed by atoms with Crippen molar-refractivity contribution in [3.05, 3.63) is 40.4 Å². The molecule has 2 amide bonds. The van der Waals surface area contributed by atoms with Crippen LogP contribution in [-0.2, 0) is 22.5 Å². The third-order valence-corrected chi connectivity index (χ3v) is 5.80. The molecule has 0 aliphatic carbocycles. The van der Waals surface area contributed by atoms with Gasteiger partial charge in [0.15, 0.2) is 5.13 Å². The summed E-state index contributed by atoms with van der Waals surface area (Å²) in [4.78, 5) is 31.8. The van der Waals surface area contributed by atoms with Crippen LogP contribution in [0.4, 0.5) is 18.3 Å². The van der Waals surface area contributed by atoms with E-state index in [0.717, 1.165) is 29.1 Å². The second-order valence-electron chi connectivity index (χ2n) is 6.93. The summed E-state index contributed by atoms with van der Waals surface area (Å²) >= 11 is 1.31. The van der Waals surface area contributed by atoms with E-state index < -0.39 is 12.5 Å². The molecule has 0 saturated carbocycles. The van der Waals surface area contributed by atoms with E-state index in [2.05, 4.69) is 15.0 Å². The van der Waals surface area contributed by atoms with Gasteiger partial charge in [0, 0.05) is 30.0 Å². The van der Waals surface area contributed by atoms with Crippen LogP contribution >= 0.6 is 11.3 Å². The van der Waals surface area contributed by atoms with Crippen molar-refractivity contribution in [3.8, 4) is 5.75 Å². The first-order valence-electron chi connectivity index (χ1n) is 9.34. The van der Waals surface area contributed by atoms with Gasteiger partial charge >= 0.3 is 6.36 Å². The minimum absolute atomic E-state index is 0.215. The summed E-state index contributed by atoms with van der Waals surface area (Å²) in [7, 11) is 0.